The number of anilines is 1. The van der Waals surface area contributed by atoms with Crippen LogP contribution in [-0.4, -0.2) is 58.4 Å². The molecule has 58 heavy (non-hydrogen) atoms. The zero-order valence-corrected chi connectivity index (χ0v) is 33.6. The standard InChI is InChI=1S/C43H54F2N5O7P/c1-2-3-4-5-6-7-8-9-10-11-12-13-14-15-16-17-18-19-20-28-39(51)47-30-31-48-58(54,57-36-27-23-25-34-24-21-22-26-35(34)36)55-33-37-40(52)43(44,45)41(56-37)50-32-29-38(46)49-42(50)53/h3-4,6-7,9-10,12-13,15-16,18-19,21-27,29,32,37,40-41,52H,2,5,8,11,14,17,20,28,30-31,33H2,1H3,(H,47,51)(H,48,54)(H2,46,49,53)/b4-3-,7-6-,10-9-,13-12-,16-15-,19-18-/t37-,40-,41-,58?/m1/s1. The van der Waals surface area contributed by atoms with Gasteiger partial charge in [0.1, 0.15) is 17.7 Å². The van der Waals surface area contributed by atoms with Crippen LogP contribution in [0.4, 0.5) is 14.6 Å². The van der Waals surface area contributed by atoms with Crippen LogP contribution >= 0.6 is 7.75 Å². The molecule has 3 aromatic rings. The summed E-state index contributed by atoms with van der Waals surface area (Å²) in [5, 5.41) is 17.3. The fraction of sp³-hybridized carbons (Fsp3) is 0.372. The number of nitrogens with two attached hydrogens (primary N) is 1. The number of amides is 1. The molecule has 0 spiro atoms. The van der Waals surface area contributed by atoms with Crippen LogP contribution in [0.15, 0.2) is 132 Å². The number of carbonyl (C=O) groups excluding carboxylic acids is 1. The van der Waals surface area contributed by atoms with Crippen molar-refractivity contribution in [1.82, 2.24) is 20.0 Å². The van der Waals surface area contributed by atoms with Gasteiger partial charge in [-0.15, -0.1) is 0 Å². The molecule has 15 heteroatoms. The van der Waals surface area contributed by atoms with Gasteiger partial charge in [0.2, 0.25) is 12.1 Å². The SMILES string of the molecule is CC/C=C\C/C=C\C/C=C\C/C=C\C/C=C\C/C=C\CCC(=O)NCCNP(=O)(OC[C@H]1O[C@@H](n2ccc(N)nc2=O)C(F)(F)[C@@H]1O)Oc1cccc2ccccc12. The van der Waals surface area contributed by atoms with Gasteiger partial charge in [0.25, 0.3) is 0 Å². The first-order valence-corrected chi connectivity index (χ1v) is 21.0. The van der Waals surface area contributed by atoms with Crippen molar-refractivity contribution >= 4 is 30.2 Å². The lowest BCUT2D eigenvalue weighted by molar-refractivity contribution is -0.140. The summed E-state index contributed by atoms with van der Waals surface area (Å²) in [7, 11) is -4.36. The van der Waals surface area contributed by atoms with Crippen LogP contribution in [0, 0.1) is 0 Å². The number of nitrogens with one attached hydrogen (secondary N) is 2. The molecule has 0 bridgehead atoms. The van der Waals surface area contributed by atoms with E-state index in [1.165, 1.54) is 0 Å². The number of hydrogen-bond acceptors (Lipinski definition) is 9. The van der Waals surface area contributed by atoms with Crippen LogP contribution in [0.2, 0.25) is 0 Å². The minimum absolute atomic E-state index is 0.0462. The summed E-state index contributed by atoms with van der Waals surface area (Å²) in [6.45, 7) is 1.29. The summed E-state index contributed by atoms with van der Waals surface area (Å²) >= 11 is 0. The van der Waals surface area contributed by atoms with Crippen LogP contribution < -0.4 is 26.4 Å². The first kappa shape index (κ1) is 45.7. The number of carbonyl (C=O) groups is 1. The van der Waals surface area contributed by atoms with Crippen molar-refractivity contribution in [1.29, 1.82) is 0 Å². The van der Waals surface area contributed by atoms with E-state index in [0.717, 1.165) is 56.2 Å². The van der Waals surface area contributed by atoms with Gasteiger partial charge < -0.3 is 25.4 Å². The van der Waals surface area contributed by atoms with E-state index >= 15 is 8.78 Å². The second-order valence-corrected chi connectivity index (χ2v) is 15.0. The zero-order chi connectivity index (χ0) is 41.6. The van der Waals surface area contributed by atoms with Gasteiger partial charge in [0.05, 0.1) is 6.61 Å². The first-order chi connectivity index (χ1) is 28.0. The number of hydrogen-bond donors (Lipinski definition) is 4. The van der Waals surface area contributed by atoms with E-state index in [1.807, 2.05) is 30.4 Å². The Morgan fingerprint density at radius 1 is 0.914 bits per heavy atom. The highest BCUT2D eigenvalue weighted by molar-refractivity contribution is 7.52. The number of fused-ring (bicyclic) bond motifs is 1. The quantitative estimate of drug-likeness (QED) is 0.0393. The molecule has 1 amide bonds. The minimum Gasteiger partial charge on any atom is -0.413 e. The maximum absolute atomic E-state index is 15.2. The van der Waals surface area contributed by atoms with Crippen molar-refractivity contribution in [2.75, 3.05) is 25.4 Å². The van der Waals surface area contributed by atoms with Gasteiger partial charge in [-0.3, -0.25) is 13.9 Å². The van der Waals surface area contributed by atoms with Crippen LogP contribution in [0.5, 0.6) is 5.75 Å². The first-order valence-electron chi connectivity index (χ1n) is 19.4. The third kappa shape index (κ3) is 14.8. The Kier molecular flexibility index (Phi) is 19.0. The Balaban J connectivity index is 1.21. The molecule has 4 atom stereocenters. The number of nitrogens with zero attached hydrogens (tertiary/aromatic N) is 2. The highest BCUT2D eigenvalue weighted by Gasteiger charge is 2.60. The predicted molar refractivity (Wildman–Crippen MR) is 224 cm³/mol. The maximum Gasteiger partial charge on any atom is 0.458 e. The van der Waals surface area contributed by atoms with Crippen molar-refractivity contribution in [3.63, 3.8) is 0 Å². The van der Waals surface area contributed by atoms with E-state index in [1.54, 1.807) is 24.3 Å². The Hall–Kier alpha value is -4.98. The Bertz CT molecular complexity index is 2040. The van der Waals surface area contributed by atoms with E-state index in [9.17, 15) is 19.3 Å². The number of nitrogen functional groups attached to an aromatic ring is 1. The normalized spacial score (nSPS) is 19.5. The number of alkyl halides is 2. The van der Waals surface area contributed by atoms with Gasteiger partial charge in [-0.25, -0.2) is 14.4 Å². The van der Waals surface area contributed by atoms with Crippen LogP contribution in [-0.2, 0) is 18.6 Å². The highest BCUT2D eigenvalue weighted by atomic mass is 31.2. The van der Waals surface area contributed by atoms with Crippen molar-refractivity contribution in [2.45, 2.75) is 82.6 Å². The molecular weight excluding hydrogens is 767 g/mol. The molecule has 2 aromatic carbocycles. The van der Waals surface area contributed by atoms with Crippen LogP contribution in [0.3, 0.4) is 0 Å². The fourth-order valence-electron chi connectivity index (χ4n) is 5.73. The average molecular weight is 822 g/mol. The largest absolute Gasteiger partial charge is 0.458 e. The highest BCUT2D eigenvalue weighted by Crippen LogP contribution is 2.48. The third-order valence-corrected chi connectivity index (χ3v) is 10.3. The Morgan fingerprint density at radius 2 is 1.52 bits per heavy atom. The van der Waals surface area contributed by atoms with Crippen LogP contribution in [0.25, 0.3) is 10.8 Å². The van der Waals surface area contributed by atoms with Crippen molar-refractivity contribution < 1.29 is 37.0 Å². The number of aromatic nitrogens is 2. The number of aliphatic hydroxyl groups excluding tert-OH is 1. The van der Waals surface area contributed by atoms with Crippen LogP contribution in [0.1, 0.15) is 64.5 Å². The number of rotatable bonds is 24. The number of aliphatic hydroxyl groups is 1. The van der Waals surface area contributed by atoms with Gasteiger partial charge in [-0.1, -0.05) is 116 Å². The molecule has 0 aliphatic carbocycles. The molecule has 1 fully saturated rings. The lowest BCUT2D eigenvalue weighted by Gasteiger charge is -2.23. The molecule has 0 radical (unpaired) electrons. The van der Waals surface area contributed by atoms with Crippen molar-refractivity contribution in [3.05, 3.63) is 138 Å². The molecule has 2 heterocycles. The average Bonchev–Trinajstić information content (AvgIpc) is 3.43. The van der Waals surface area contributed by atoms with E-state index in [2.05, 4.69) is 83.1 Å². The molecule has 12 nitrogen and oxygen atoms in total. The smallest absolute Gasteiger partial charge is 0.413 e. The molecule has 1 unspecified atom stereocenters. The molecule has 4 rings (SSSR count). The molecule has 5 N–H and O–H groups in total. The molecule has 0 saturated carbocycles. The summed E-state index contributed by atoms with van der Waals surface area (Å²) in [4.78, 5) is 28.2. The summed E-state index contributed by atoms with van der Waals surface area (Å²) in [6, 6.07) is 13.4. The second kappa shape index (κ2) is 24.1. The Labute approximate surface area is 338 Å². The molecule has 1 saturated heterocycles. The van der Waals surface area contributed by atoms with E-state index in [0.29, 0.717) is 16.4 Å². The second-order valence-electron chi connectivity index (χ2n) is 13.3. The van der Waals surface area contributed by atoms with Gasteiger partial charge in [-0.2, -0.15) is 13.8 Å². The maximum atomic E-state index is 15.2. The zero-order valence-electron chi connectivity index (χ0n) is 32.7. The Morgan fingerprint density at radius 3 is 2.16 bits per heavy atom. The van der Waals surface area contributed by atoms with Gasteiger partial charge in [0.15, 0.2) is 6.10 Å². The van der Waals surface area contributed by atoms with Crippen molar-refractivity contribution in [2.24, 2.45) is 0 Å². The third-order valence-electron chi connectivity index (χ3n) is 8.75. The molecule has 1 aliphatic rings. The van der Waals surface area contributed by atoms with E-state index in [4.69, 9.17) is 19.5 Å². The number of benzene rings is 2. The summed E-state index contributed by atoms with van der Waals surface area (Å²) in [5.74, 6) is -4.17. The number of halogens is 2. The summed E-state index contributed by atoms with van der Waals surface area (Å²) in [6.07, 6.45) is 26.3. The molecular formula is C43H54F2N5O7P. The number of ether oxygens (including phenoxy) is 1. The van der Waals surface area contributed by atoms with Gasteiger partial charge in [0, 0.05) is 31.1 Å². The summed E-state index contributed by atoms with van der Waals surface area (Å²) < 4.78 is 61.7. The van der Waals surface area contributed by atoms with E-state index < -0.39 is 44.4 Å². The topological polar surface area (TPSA) is 167 Å². The number of allylic oxidation sites excluding steroid dienone is 12. The lowest BCUT2D eigenvalue weighted by atomic mass is 10.1. The lowest BCUT2D eigenvalue weighted by Crippen LogP contribution is -2.42. The predicted octanol–water partition coefficient (Wildman–Crippen LogP) is 8.26. The molecule has 1 aromatic heterocycles. The minimum atomic E-state index is -4.36. The van der Waals surface area contributed by atoms with Gasteiger partial charge in [-0.05, 0) is 62.5 Å². The van der Waals surface area contributed by atoms with Crippen molar-refractivity contribution in [3.8, 4) is 5.75 Å². The molecule has 312 valence electrons. The monoisotopic (exact) mass is 821 g/mol. The molecule has 1 aliphatic heterocycles. The van der Waals surface area contributed by atoms with E-state index in [-0.39, 0.29) is 37.0 Å². The fourth-order valence-corrected chi connectivity index (χ4v) is 7.08. The van der Waals surface area contributed by atoms with Gasteiger partial charge >= 0.3 is 19.4 Å². The summed E-state index contributed by atoms with van der Waals surface area (Å²) in [5.41, 5.74) is 4.37.